The molecule has 1 fully saturated rings. The van der Waals surface area contributed by atoms with Crippen LogP contribution in [0.1, 0.15) is 46.6 Å². The molecule has 0 saturated heterocycles. The van der Waals surface area contributed by atoms with Crippen LogP contribution < -0.4 is 5.32 Å². The molecular weight excluding hydrogens is 246 g/mol. The predicted octanol–water partition coefficient (Wildman–Crippen LogP) is 0.736. The third kappa shape index (κ3) is 2.42. The van der Waals surface area contributed by atoms with E-state index in [-0.39, 0.29) is 11.8 Å². The number of amides is 1. The van der Waals surface area contributed by atoms with Gasteiger partial charge >= 0.3 is 0 Å². The van der Waals surface area contributed by atoms with Crippen LogP contribution in [-0.4, -0.2) is 36.3 Å². The number of aromatic nitrogens is 6. The second kappa shape index (κ2) is 4.38. The molecule has 1 amide bonds. The van der Waals surface area contributed by atoms with Crippen LogP contribution >= 0.6 is 0 Å². The average molecular weight is 259 g/mol. The van der Waals surface area contributed by atoms with Gasteiger partial charge in [-0.3, -0.25) is 15.2 Å². The molecule has 2 aromatic rings. The number of hydrogen-bond acceptors (Lipinski definition) is 6. The van der Waals surface area contributed by atoms with Gasteiger partial charge in [0.2, 0.25) is 11.8 Å². The van der Waals surface area contributed by atoms with Crippen molar-refractivity contribution in [2.75, 3.05) is 5.32 Å². The van der Waals surface area contributed by atoms with Crippen molar-refractivity contribution in [3.05, 3.63) is 23.0 Å². The fourth-order valence-corrected chi connectivity index (χ4v) is 1.58. The maximum Gasteiger partial charge on any atom is 0.297 e. The number of nitrogens with one attached hydrogen (secondary N) is 2. The third-order valence-electron chi connectivity index (χ3n) is 2.99. The first-order valence-electron chi connectivity index (χ1n) is 6.05. The normalized spacial score (nSPS) is 14.4. The van der Waals surface area contributed by atoms with Gasteiger partial charge in [0.05, 0.1) is 11.4 Å². The lowest BCUT2D eigenvalue weighted by atomic mass is 10.4. The van der Waals surface area contributed by atoms with Crippen LogP contribution in [0.4, 0.5) is 5.95 Å². The summed E-state index contributed by atoms with van der Waals surface area (Å²) in [5, 5.41) is 16.9. The minimum atomic E-state index is -0.437. The zero-order valence-electron chi connectivity index (χ0n) is 10.6. The van der Waals surface area contributed by atoms with Crippen LogP contribution in [-0.2, 0) is 0 Å². The molecule has 1 saturated carbocycles. The van der Waals surface area contributed by atoms with E-state index in [0.717, 1.165) is 30.1 Å². The number of hydrogen-bond donors (Lipinski definition) is 2. The van der Waals surface area contributed by atoms with E-state index in [9.17, 15) is 4.79 Å². The Morgan fingerprint density at radius 1 is 1.21 bits per heavy atom. The van der Waals surface area contributed by atoms with Crippen LogP contribution in [0.3, 0.4) is 0 Å². The smallest absolute Gasteiger partial charge is 0.286 e. The van der Waals surface area contributed by atoms with E-state index in [1.54, 1.807) is 13.8 Å². The number of H-pyrrole nitrogens is 1. The molecule has 2 N–H and O–H groups in total. The van der Waals surface area contributed by atoms with Gasteiger partial charge in [-0.1, -0.05) is 0 Å². The Morgan fingerprint density at radius 3 is 2.68 bits per heavy atom. The van der Waals surface area contributed by atoms with Crippen molar-refractivity contribution < 1.29 is 4.79 Å². The van der Waals surface area contributed by atoms with Gasteiger partial charge < -0.3 is 0 Å². The number of anilines is 1. The molecule has 0 radical (unpaired) electrons. The molecule has 0 unspecified atom stereocenters. The molecule has 1 aliphatic carbocycles. The van der Waals surface area contributed by atoms with E-state index in [1.165, 1.54) is 0 Å². The van der Waals surface area contributed by atoms with Crippen LogP contribution in [0.2, 0.25) is 0 Å². The summed E-state index contributed by atoms with van der Waals surface area (Å²) < 4.78 is 0. The maximum atomic E-state index is 11.9. The first-order valence-corrected chi connectivity index (χ1v) is 6.05. The van der Waals surface area contributed by atoms with Gasteiger partial charge in [0, 0.05) is 5.92 Å². The van der Waals surface area contributed by atoms with Crippen molar-refractivity contribution in [3.63, 3.8) is 0 Å². The van der Waals surface area contributed by atoms with Crippen LogP contribution in [0.5, 0.6) is 0 Å². The fourth-order valence-electron chi connectivity index (χ4n) is 1.58. The molecule has 3 rings (SSSR count). The van der Waals surface area contributed by atoms with Crippen LogP contribution in [0.15, 0.2) is 0 Å². The highest BCUT2D eigenvalue weighted by atomic mass is 16.2. The Labute approximate surface area is 109 Å². The number of aromatic amines is 1. The summed E-state index contributed by atoms with van der Waals surface area (Å²) in [4.78, 5) is 20.2. The summed E-state index contributed by atoms with van der Waals surface area (Å²) in [5.41, 5.74) is 1.45. The summed E-state index contributed by atoms with van der Waals surface area (Å²) in [6.45, 7) is 3.61. The number of rotatable bonds is 3. The Balaban J connectivity index is 1.74. The number of carbonyl (C=O) groups is 1. The average Bonchev–Trinajstić information content (AvgIpc) is 3.11. The summed E-state index contributed by atoms with van der Waals surface area (Å²) in [5.74, 6) is 1.01. The second-order valence-corrected chi connectivity index (χ2v) is 4.58. The van der Waals surface area contributed by atoms with Crippen molar-refractivity contribution in [1.29, 1.82) is 0 Å². The summed E-state index contributed by atoms with van der Waals surface area (Å²) in [6, 6.07) is 0. The van der Waals surface area contributed by atoms with Gasteiger partial charge in [0.1, 0.15) is 5.82 Å². The lowest BCUT2D eigenvalue weighted by Gasteiger charge is -2.01. The van der Waals surface area contributed by atoms with Crippen LogP contribution in [0, 0.1) is 13.8 Å². The minimum absolute atomic E-state index is 0.101. The second-order valence-electron chi connectivity index (χ2n) is 4.58. The van der Waals surface area contributed by atoms with Gasteiger partial charge in [-0.05, 0) is 26.7 Å². The molecule has 0 spiro atoms. The first kappa shape index (κ1) is 11.7. The van der Waals surface area contributed by atoms with Gasteiger partial charge in [-0.25, -0.2) is 9.97 Å². The topological polar surface area (TPSA) is 109 Å². The van der Waals surface area contributed by atoms with Gasteiger partial charge in [-0.15, -0.1) is 10.2 Å². The van der Waals surface area contributed by atoms with Crippen molar-refractivity contribution >= 4 is 11.9 Å². The van der Waals surface area contributed by atoms with E-state index in [1.807, 2.05) is 0 Å². The van der Waals surface area contributed by atoms with E-state index in [2.05, 4.69) is 35.7 Å². The molecule has 0 aliphatic heterocycles. The van der Waals surface area contributed by atoms with E-state index in [0.29, 0.717) is 5.92 Å². The molecule has 8 heteroatoms. The Kier molecular flexibility index (Phi) is 2.69. The highest BCUT2D eigenvalue weighted by Gasteiger charge is 2.28. The SMILES string of the molecule is Cc1nnc(NC(=O)c2n[nH]c(C3CC3)n2)nc1C. The third-order valence-corrected chi connectivity index (χ3v) is 2.99. The molecular formula is C11H13N7O. The Morgan fingerprint density at radius 2 is 2.00 bits per heavy atom. The Hall–Kier alpha value is -2.38. The minimum Gasteiger partial charge on any atom is -0.286 e. The molecule has 19 heavy (non-hydrogen) atoms. The fraction of sp³-hybridized carbons (Fsp3) is 0.455. The van der Waals surface area contributed by atoms with Crippen molar-refractivity contribution in [3.8, 4) is 0 Å². The predicted molar refractivity (Wildman–Crippen MR) is 65.6 cm³/mol. The van der Waals surface area contributed by atoms with Gasteiger partial charge in [0.15, 0.2) is 0 Å². The number of nitrogens with zero attached hydrogens (tertiary/aromatic N) is 5. The van der Waals surface area contributed by atoms with Crippen molar-refractivity contribution in [2.45, 2.75) is 32.6 Å². The zero-order valence-corrected chi connectivity index (χ0v) is 10.6. The van der Waals surface area contributed by atoms with E-state index < -0.39 is 5.91 Å². The molecule has 8 nitrogen and oxygen atoms in total. The summed E-state index contributed by atoms with van der Waals surface area (Å²) in [7, 11) is 0. The highest BCUT2D eigenvalue weighted by molar-refractivity contribution is 6.00. The lowest BCUT2D eigenvalue weighted by molar-refractivity contribution is 0.101. The summed E-state index contributed by atoms with van der Waals surface area (Å²) in [6.07, 6.45) is 2.20. The monoisotopic (exact) mass is 259 g/mol. The zero-order chi connectivity index (χ0) is 13.4. The number of carbonyl (C=O) groups excluding carboxylic acids is 1. The van der Waals surface area contributed by atoms with Gasteiger partial charge in [-0.2, -0.15) is 5.10 Å². The standard InChI is InChI=1S/C11H13N7O/c1-5-6(2)15-18-11(12-5)14-10(19)9-13-8(16-17-9)7-3-4-7/h7H,3-4H2,1-2H3,(H,13,16,17)(H,12,14,18,19). The molecule has 1 aliphatic rings. The first-order chi connectivity index (χ1) is 9.13. The maximum absolute atomic E-state index is 11.9. The van der Waals surface area contributed by atoms with Crippen LogP contribution in [0.25, 0.3) is 0 Å². The Bertz CT molecular complexity index is 632. The molecule has 2 heterocycles. The number of aryl methyl sites for hydroxylation is 2. The van der Waals surface area contributed by atoms with E-state index in [4.69, 9.17) is 0 Å². The van der Waals surface area contributed by atoms with Gasteiger partial charge in [0.25, 0.3) is 5.91 Å². The molecule has 98 valence electrons. The van der Waals surface area contributed by atoms with Crippen molar-refractivity contribution in [2.24, 2.45) is 0 Å². The lowest BCUT2D eigenvalue weighted by Crippen LogP contribution is -2.17. The van der Waals surface area contributed by atoms with E-state index >= 15 is 0 Å². The molecule has 2 aromatic heterocycles. The highest BCUT2D eigenvalue weighted by Crippen LogP contribution is 2.37. The largest absolute Gasteiger partial charge is 0.297 e. The molecule has 0 aromatic carbocycles. The quantitative estimate of drug-likeness (QED) is 0.841. The van der Waals surface area contributed by atoms with Crippen molar-refractivity contribution in [1.82, 2.24) is 30.4 Å². The summed E-state index contributed by atoms with van der Waals surface area (Å²) >= 11 is 0. The molecule has 0 bridgehead atoms. The molecule has 0 atom stereocenters.